The summed E-state index contributed by atoms with van der Waals surface area (Å²) in [6, 6.07) is 17.6. The van der Waals surface area contributed by atoms with Crippen LogP contribution in [0.2, 0.25) is 0 Å². The molecule has 2 heterocycles. The van der Waals surface area contributed by atoms with Gasteiger partial charge in [-0.3, -0.25) is 9.88 Å². The van der Waals surface area contributed by atoms with Gasteiger partial charge in [0.05, 0.1) is 5.52 Å². The summed E-state index contributed by atoms with van der Waals surface area (Å²) in [5.41, 5.74) is 4.80. The number of fused-ring (bicyclic) bond motifs is 1. The molecule has 1 atom stereocenters. The molecular formula is C23H27BrN4. The van der Waals surface area contributed by atoms with Crippen LogP contribution in [-0.2, 0) is 0 Å². The lowest BCUT2D eigenvalue weighted by atomic mass is 10.0. The lowest BCUT2D eigenvalue weighted by molar-refractivity contribution is 0.0938. The highest BCUT2D eigenvalue weighted by atomic mass is 79.9. The Balaban J connectivity index is 1.49. The van der Waals surface area contributed by atoms with E-state index in [-0.39, 0.29) is 0 Å². The number of benzene rings is 2. The fourth-order valence-corrected chi connectivity index (χ4v) is 4.59. The molecule has 4 nitrogen and oxygen atoms in total. The molecule has 0 bridgehead atoms. The van der Waals surface area contributed by atoms with Crippen LogP contribution in [0.1, 0.15) is 17.2 Å². The minimum absolute atomic E-state index is 0.449. The second kappa shape index (κ2) is 8.60. The van der Waals surface area contributed by atoms with Gasteiger partial charge in [0.1, 0.15) is 0 Å². The summed E-state index contributed by atoms with van der Waals surface area (Å²) in [6.07, 6.45) is 1.90. The third-order valence-electron chi connectivity index (χ3n) is 5.64. The number of aryl methyl sites for hydroxylation is 1. The fourth-order valence-electron chi connectivity index (χ4n) is 4.06. The Morgan fingerprint density at radius 3 is 2.75 bits per heavy atom. The molecule has 1 saturated heterocycles. The van der Waals surface area contributed by atoms with Crippen LogP contribution in [-0.4, -0.2) is 54.6 Å². The molecule has 3 aromatic rings. The van der Waals surface area contributed by atoms with Crippen molar-refractivity contribution in [3.05, 3.63) is 70.3 Å². The molecule has 0 saturated carbocycles. The number of anilines is 1. The number of hydrogen-bond acceptors (Lipinski definition) is 4. The van der Waals surface area contributed by atoms with Crippen LogP contribution in [0.4, 0.5) is 5.69 Å². The van der Waals surface area contributed by atoms with Gasteiger partial charge in [-0.05, 0) is 37.2 Å². The summed E-state index contributed by atoms with van der Waals surface area (Å²) in [5, 5.41) is 4.83. The minimum atomic E-state index is 0.449. The zero-order chi connectivity index (χ0) is 19.5. The third kappa shape index (κ3) is 4.07. The maximum Gasteiger partial charge on any atom is 0.0763 e. The number of likely N-dealkylation sites (N-methyl/N-ethyl adjacent to an activating group) is 1. The first kappa shape index (κ1) is 19.4. The molecule has 1 aliphatic rings. The quantitative estimate of drug-likeness (QED) is 0.624. The van der Waals surface area contributed by atoms with Gasteiger partial charge in [-0.1, -0.05) is 52.3 Å². The topological polar surface area (TPSA) is 31.4 Å². The van der Waals surface area contributed by atoms with E-state index in [2.05, 4.69) is 98.5 Å². The van der Waals surface area contributed by atoms with Crippen molar-refractivity contribution in [2.45, 2.75) is 13.0 Å². The molecule has 1 N–H and O–H groups in total. The Hall–Kier alpha value is -1.95. The van der Waals surface area contributed by atoms with Crippen LogP contribution in [0.3, 0.4) is 0 Å². The highest BCUT2D eigenvalue weighted by molar-refractivity contribution is 9.10. The first-order valence-electron chi connectivity index (χ1n) is 9.88. The third-order valence-corrected chi connectivity index (χ3v) is 6.30. The average molecular weight is 439 g/mol. The molecule has 0 amide bonds. The van der Waals surface area contributed by atoms with Crippen molar-refractivity contribution in [3.8, 4) is 0 Å². The van der Waals surface area contributed by atoms with E-state index >= 15 is 0 Å². The van der Waals surface area contributed by atoms with Crippen LogP contribution in [0, 0.1) is 6.92 Å². The Labute approximate surface area is 175 Å². The molecule has 1 fully saturated rings. The summed E-state index contributed by atoms with van der Waals surface area (Å²) in [6.45, 7) is 7.32. The molecule has 1 unspecified atom stereocenters. The van der Waals surface area contributed by atoms with E-state index in [9.17, 15) is 0 Å². The number of aromatic nitrogens is 1. The standard InChI is InChI=1S/C23H27BrN4/c1-17-8-9-19(24)22-20(10-11-26-23(17)22)25-12-13-28-15-14-27(2)16-21(28)18-6-4-3-5-7-18/h3-11,21H,12-16H2,1-2H3,(H,25,26). The monoisotopic (exact) mass is 438 g/mol. The van der Waals surface area contributed by atoms with E-state index in [4.69, 9.17) is 0 Å². The smallest absolute Gasteiger partial charge is 0.0763 e. The van der Waals surface area contributed by atoms with E-state index in [1.54, 1.807) is 0 Å². The van der Waals surface area contributed by atoms with E-state index in [0.29, 0.717) is 6.04 Å². The van der Waals surface area contributed by atoms with Gasteiger partial charge in [0.15, 0.2) is 0 Å². The van der Waals surface area contributed by atoms with Crippen molar-refractivity contribution in [2.75, 3.05) is 45.1 Å². The second-order valence-corrected chi connectivity index (χ2v) is 8.45. The van der Waals surface area contributed by atoms with E-state index in [1.165, 1.54) is 16.5 Å². The van der Waals surface area contributed by atoms with Crippen molar-refractivity contribution in [2.24, 2.45) is 0 Å². The van der Waals surface area contributed by atoms with Gasteiger partial charge in [-0.15, -0.1) is 0 Å². The Bertz CT molecular complexity index is 944. The van der Waals surface area contributed by atoms with Crippen LogP contribution >= 0.6 is 15.9 Å². The Kier molecular flexibility index (Phi) is 5.95. The first-order valence-corrected chi connectivity index (χ1v) is 10.7. The van der Waals surface area contributed by atoms with Gasteiger partial charge in [0, 0.05) is 60.5 Å². The molecule has 0 radical (unpaired) electrons. The first-order chi connectivity index (χ1) is 13.6. The van der Waals surface area contributed by atoms with Gasteiger partial charge < -0.3 is 10.2 Å². The van der Waals surface area contributed by atoms with Crippen LogP contribution < -0.4 is 5.32 Å². The fraction of sp³-hybridized carbons (Fsp3) is 0.348. The number of halogens is 1. The van der Waals surface area contributed by atoms with Crippen molar-refractivity contribution in [1.82, 2.24) is 14.8 Å². The predicted molar refractivity (Wildman–Crippen MR) is 121 cm³/mol. The maximum absolute atomic E-state index is 4.57. The predicted octanol–water partition coefficient (Wildman–Crippen LogP) is 4.71. The summed E-state index contributed by atoms with van der Waals surface area (Å²) < 4.78 is 1.09. The summed E-state index contributed by atoms with van der Waals surface area (Å²) >= 11 is 3.70. The van der Waals surface area contributed by atoms with E-state index in [0.717, 1.165) is 48.4 Å². The van der Waals surface area contributed by atoms with Crippen molar-refractivity contribution in [1.29, 1.82) is 0 Å². The maximum atomic E-state index is 4.57. The molecule has 5 heteroatoms. The zero-order valence-electron chi connectivity index (χ0n) is 16.5. The highest BCUT2D eigenvalue weighted by Crippen LogP contribution is 2.31. The number of nitrogens with zero attached hydrogens (tertiary/aromatic N) is 3. The van der Waals surface area contributed by atoms with Gasteiger partial charge in [0.2, 0.25) is 0 Å². The van der Waals surface area contributed by atoms with E-state index < -0.39 is 0 Å². The molecule has 146 valence electrons. The Morgan fingerprint density at radius 2 is 1.93 bits per heavy atom. The van der Waals surface area contributed by atoms with Crippen molar-refractivity contribution in [3.63, 3.8) is 0 Å². The summed E-state index contributed by atoms with van der Waals surface area (Å²) in [7, 11) is 2.22. The molecule has 1 aliphatic heterocycles. The lowest BCUT2D eigenvalue weighted by Gasteiger charge is -2.40. The average Bonchev–Trinajstić information content (AvgIpc) is 2.72. The number of hydrogen-bond donors (Lipinski definition) is 1. The molecule has 0 aliphatic carbocycles. The zero-order valence-corrected chi connectivity index (χ0v) is 18.1. The number of piperazine rings is 1. The molecule has 28 heavy (non-hydrogen) atoms. The number of rotatable bonds is 5. The van der Waals surface area contributed by atoms with Crippen LogP contribution in [0.15, 0.2) is 59.2 Å². The van der Waals surface area contributed by atoms with Gasteiger partial charge >= 0.3 is 0 Å². The second-order valence-electron chi connectivity index (χ2n) is 7.60. The van der Waals surface area contributed by atoms with E-state index in [1.807, 2.05) is 6.20 Å². The van der Waals surface area contributed by atoms with Gasteiger partial charge in [-0.2, -0.15) is 0 Å². The van der Waals surface area contributed by atoms with Gasteiger partial charge in [-0.25, -0.2) is 0 Å². The molecular weight excluding hydrogens is 412 g/mol. The minimum Gasteiger partial charge on any atom is -0.383 e. The lowest BCUT2D eigenvalue weighted by Crippen LogP contribution is -2.48. The number of nitrogens with one attached hydrogen (secondary N) is 1. The van der Waals surface area contributed by atoms with Crippen molar-refractivity contribution >= 4 is 32.5 Å². The van der Waals surface area contributed by atoms with Crippen LogP contribution in [0.5, 0.6) is 0 Å². The highest BCUT2D eigenvalue weighted by Gasteiger charge is 2.26. The number of pyridine rings is 1. The normalized spacial score (nSPS) is 18.5. The largest absolute Gasteiger partial charge is 0.383 e. The van der Waals surface area contributed by atoms with Crippen molar-refractivity contribution < 1.29 is 0 Å². The molecule has 2 aromatic carbocycles. The van der Waals surface area contributed by atoms with Gasteiger partial charge in [0.25, 0.3) is 0 Å². The SMILES string of the molecule is Cc1ccc(Br)c2c(NCCN3CCN(C)CC3c3ccccc3)ccnc12. The van der Waals surface area contributed by atoms with Crippen LogP contribution in [0.25, 0.3) is 10.9 Å². The molecule has 1 aromatic heterocycles. The molecule has 0 spiro atoms. The summed E-state index contributed by atoms with van der Waals surface area (Å²) in [4.78, 5) is 9.61. The summed E-state index contributed by atoms with van der Waals surface area (Å²) in [5.74, 6) is 0. The molecule has 4 rings (SSSR count). The Morgan fingerprint density at radius 1 is 1.11 bits per heavy atom.